The molecule has 92 valence electrons. The number of nitro groups is 1. The van der Waals surface area contributed by atoms with E-state index in [1.807, 2.05) is 0 Å². The van der Waals surface area contributed by atoms with Gasteiger partial charge >= 0.3 is 17.7 Å². The van der Waals surface area contributed by atoms with Crippen LogP contribution in [0.25, 0.3) is 0 Å². The molecule has 0 aromatic carbocycles. The van der Waals surface area contributed by atoms with Crippen LogP contribution >= 0.6 is 0 Å². The fourth-order valence-corrected chi connectivity index (χ4v) is 1.16. The van der Waals surface area contributed by atoms with Gasteiger partial charge in [-0.15, -0.1) is 0 Å². The van der Waals surface area contributed by atoms with Crippen molar-refractivity contribution in [3.63, 3.8) is 0 Å². The van der Waals surface area contributed by atoms with E-state index in [-0.39, 0.29) is 0 Å². The van der Waals surface area contributed by atoms with Crippen LogP contribution in [-0.2, 0) is 11.2 Å². The molecule has 6 nitrogen and oxygen atoms in total. The summed E-state index contributed by atoms with van der Waals surface area (Å²) in [5.41, 5.74) is -1.88. The quantitative estimate of drug-likeness (QED) is 0.498. The van der Waals surface area contributed by atoms with Crippen molar-refractivity contribution >= 4 is 11.8 Å². The number of hydrogen-bond donors (Lipinski definition) is 1. The second kappa shape index (κ2) is 4.76. The Bertz CT molecular complexity index is 478. The lowest BCUT2D eigenvalue weighted by atomic mass is 10.1. The van der Waals surface area contributed by atoms with Gasteiger partial charge in [0.1, 0.15) is 0 Å². The third-order valence-electron chi connectivity index (χ3n) is 1.84. The number of carboxylic acid groups (broad SMARTS) is 1. The van der Waals surface area contributed by atoms with Crippen LogP contribution < -0.4 is 0 Å². The molecule has 9 heteroatoms. The second-order valence-electron chi connectivity index (χ2n) is 2.97. The van der Waals surface area contributed by atoms with Gasteiger partial charge < -0.3 is 15.2 Å². The minimum absolute atomic E-state index is 0.367. The molecule has 0 atom stereocenters. The maximum Gasteiger partial charge on any atom is 0.367 e. The predicted octanol–water partition coefficient (Wildman–Crippen LogP) is 1.69. The van der Waals surface area contributed by atoms with Gasteiger partial charge in [0.15, 0.2) is 0 Å². The first-order valence-electron chi connectivity index (χ1n) is 4.16. The SMILES string of the molecule is O=C(O)Cc1c(C(F)F)cc([N+](=O)[O-])nc1F. The van der Waals surface area contributed by atoms with Gasteiger partial charge in [0.25, 0.3) is 6.43 Å². The van der Waals surface area contributed by atoms with Crippen LogP contribution in [0.3, 0.4) is 0 Å². The second-order valence-corrected chi connectivity index (χ2v) is 2.97. The number of hydrogen-bond acceptors (Lipinski definition) is 4. The number of rotatable bonds is 4. The van der Waals surface area contributed by atoms with Crippen LogP contribution in [-0.4, -0.2) is 21.0 Å². The highest BCUT2D eigenvalue weighted by molar-refractivity contribution is 5.70. The van der Waals surface area contributed by atoms with Crippen LogP contribution in [0.1, 0.15) is 17.6 Å². The highest BCUT2D eigenvalue weighted by Gasteiger charge is 2.26. The smallest absolute Gasteiger partial charge is 0.367 e. The highest BCUT2D eigenvalue weighted by Crippen LogP contribution is 2.27. The summed E-state index contributed by atoms with van der Waals surface area (Å²) >= 11 is 0. The molecule has 0 spiro atoms. The molecule has 0 aliphatic rings. The maximum absolute atomic E-state index is 13.2. The van der Waals surface area contributed by atoms with Crippen molar-refractivity contribution in [2.75, 3.05) is 0 Å². The number of halogens is 3. The maximum atomic E-state index is 13.2. The Morgan fingerprint density at radius 3 is 2.59 bits per heavy atom. The van der Waals surface area contributed by atoms with E-state index in [1.165, 1.54) is 0 Å². The van der Waals surface area contributed by atoms with Crippen LogP contribution in [0.5, 0.6) is 0 Å². The Morgan fingerprint density at radius 1 is 1.59 bits per heavy atom. The average Bonchev–Trinajstić information content (AvgIpc) is 2.19. The largest absolute Gasteiger partial charge is 0.481 e. The van der Waals surface area contributed by atoms with E-state index in [2.05, 4.69) is 4.98 Å². The van der Waals surface area contributed by atoms with Crippen molar-refractivity contribution in [2.45, 2.75) is 12.8 Å². The molecule has 0 aliphatic carbocycles. The molecule has 1 aromatic rings. The topological polar surface area (TPSA) is 93.3 Å². The summed E-state index contributed by atoms with van der Waals surface area (Å²) in [6, 6.07) is 0.367. The van der Waals surface area contributed by atoms with Gasteiger partial charge in [0.05, 0.1) is 12.0 Å². The first-order valence-corrected chi connectivity index (χ1v) is 4.16. The van der Waals surface area contributed by atoms with Crippen LogP contribution in [0, 0.1) is 16.1 Å². The number of carboxylic acids is 1. The van der Waals surface area contributed by atoms with E-state index >= 15 is 0 Å². The molecular formula is C8H5F3N2O4. The zero-order valence-corrected chi connectivity index (χ0v) is 8.06. The van der Waals surface area contributed by atoms with E-state index < -0.39 is 46.6 Å². The minimum atomic E-state index is -3.22. The fourth-order valence-electron chi connectivity index (χ4n) is 1.16. The molecule has 0 amide bonds. The Labute approximate surface area is 91.9 Å². The monoisotopic (exact) mass is 250 g/mol. The molecule has 0 saturated heterocycles. The van der Waals surface area contributed by atoms with E-state index in [0.29, 0.717) is 6.07 Å². The summed E-state index contributed by atoms with van der Waals surface area (Å²) in [4.78, 5) is 22.3. The van der Waals surface area contributed by atoms with E-state index in [1.54, 1.807) is 0 Å². The standard InChI is InChI=1S/C8H5F3N2O4/c9-7(10)3-1-5(13(16)17)12-8(11)4(3)2-6(14)15/h1,7H,2H2,(H,14,15). The van der Waals surface area contributed by atoms with Crippen molar-refractivity contribution < 1.29 is 28.0 Å². The minimum Gasteiger partial charge on any atom is -0.481 e. The summed E-state index contributed by atoms with van der Waals surface area (Å²) in [5, 5.41) is 18.7. The Balaban J connectivity index is 3.38. The lowest BCUT2D eigenvalue weighted by Gasteiger charge is -2.05. The van der Waals surface area contributed by atoms with E-state index in [4.69, 9.17) is 5.11 Å². The van der Waals surface area contributed by atoms with Crippen molar-refractivity contribution in [2.24, 2.45) is 0 Å². The van der Waals surface area contributed by atoms with Crippen molar-refractivity contribution in [3.8, 4) is 0 Å². The van der Waals surface area contributed by atoms with Gasteiger partial charge in [-0.3, -0.25) is 4.79 Å². The van der Waals surface area contributed by atoms with Crippen LogP contribution in [0.4, 0.5) is 19.0 Å². The number of alkyl halides is 2. The molecule has 0 saturated carbocycles. The van der Waals surface area contributed by atoms with Crippen LogP contribution in [0.2, 0.25) is 0 Å². The zero-order valence-electron chi connectivity index (χ0n) is 8.06. The lowest BCUT2D eigenvalue weighted by Crippen LogP contribution is -2.10. The number of nitrogens with zero attached hydrogens (tertiary/aromatic N) is 2. The lowest BCUT2D eigenvalue weighted by molar-refractivity contribution is -0.390. The first-order chi connectivity index (χ1) is 7.82. The molecule has 1 heterocycles. The normalized spacial score (nSPS) is 10.6. The van der Waals surface area contributed by atoms with Gasteiger partial charge in [-0.25, -0.2) is 8.78 Å². The molecular weight excluding hydrogens is 245 g/mol. The zero-order chi connectivity index (χ0) is 13.2. The molecule has 1 aromatic heterocycles. The molecule has 0 aliphatic heterocycles. The third kappa shape index (κ3) is 2.89. The van der Waals surface area contributed by atoms with Gasteiger partial charge in [-0.2, -0.15) is 4.39 Å². The molecule has 0 bridgehead atoms. The summed E-state index contributed by atoms with van der Waals surface area (Å²) < 4.78 is 38.2. The number of aromatic nitrogens is 1. The van der Waals surface area contributed by atoms with Crippen molar-refractivity contribution in [1.82, 2.24) is 4.98 Å². The molecule has 0 radical (unpaired) electrons. The number of pyridine rings is 1. The van der Waals surface area contributed by atoms with Gasteiger partial charge in [0.2, 0.25) is 0 Å². The Morgan fingerprint density at radius 2 is 2.18 bits per heavy atom. The Hall–Kier alpha value is -2.19. The summed E-state index contributed by atoms with van der Waals surface area (Å²) in [5.74, 6) is -4.20. The van der Waals surface area contributed by atoms with Gasteiger partial charge in [-0.05, 0) is 9.91 Å². The molecule has 1 rings (SSSR count). The molecule has 17 heavy (non-hydrogen) atoms. The van der Waals surface area contributed by atoms with E-state index in [0.717, 1.165) is 0 Å². The Kier molecular flexibility index (Phi) is 3.61. The summed E-state index contributed by atoms with van der Waals surface area (Å²) in [6.07, 6.45) is -4.24. The number of aliphatic carboxylic acids is 1. The highest BCUT2D eigenvalue weighted by atomic mass is 19.3. The average molecular weight is 250 g/mol. The first kappa shape index (κ1) is 12.9. The molecule has 0 fully saturated rings. The van der Waals surface area contributed by atoms with Gasteiger partial charge in [0, 0.05) is 11.6 Å². The third-order valence-corrected chi connectivity index (χ3v) is 1.84. The summed E-state index contributed by atoms with van der Waals surface area (Å²) in [6.45, 7) is 0. The summed E-state index contributed by atoms with van der Waals surface area (Å²) in [7, 11) is 0. The van der Waals surface area contributed by atoms with Gasteiger partial charge in [-0.1, -0.05) is 0 Å². The van der Waals surface area contributed by atoms with Crippen molar-refractivity contribution in [1.29, 1.82) is 0 Å². The molecule has 1 N–H and O–H groups in total. The predicted molar refractivity (Wildman–Crippen MR) is 47.1 cm³/mol. The number of carbonyl (C=O) groups is 1. The fraction of sp³-hybridized carbons (Fsp3) is 0.250. The molecule has 0 unspecified atom stereocenters. The van der Waals surface area contributed by atoms with E-state index in [9.17, 15) is 28.1 Å². The van der Waals surface area contributed by atoms with Crippen molar-refractivity contribution in [3.05, 3.63) is 33.3 Å². The van der Waals surface area contributed by atoms with Crippen LogP contribution in [0.15, 0.2) is 6.07 Å².